The number of rotatable bonds is 10. The molecule has 0 saturated heterocycles. The summed E-state index contributed by atoms with van der Waals surface area (Å²) in [6, 6.07) is 18.3. The Morgan fingerprint density at radius 3 is 2.03 bits per heavy atom. The molecule has 0 unspecified atom stereocenters. The SMILES string of the molecule is CCCCCCCc1ccc(CC)cc1.O=C(Cc1ccc(F)cc1)c1ccco1. The molecule has 0 aliphatic heterocycles. The minimum atomic E-state index is -0.302. The standard InChI is InChI=1S/C15H24.C12H9FO2/c1-3-5-6-7-8-9-15-12-10-14(4-2)11-13-15;13-10-5-3-9(4-6-10)8-11(14)12-2-1-7-15-12/h10-13H,3-9H2,1-2H3;1-7H,8H2. The fourth-order valence-electron chi connectivity index (χ4n) is 3.19. The van der Waals surface area contributed by atoms with Gasteiger partial charge in [-0.25, -0.2) is 4.39 Å². The molecule has 0 saturated carbocycles. The van der Waals surface area contributed by atoms with Gasteiger partial charge < -0.3 is 4.42 Å². The van der Waals surface area contributed by atoms with E-state index in [9.17, 15) is 9.18 Å². The quantitative estimate of drug-likeness (QED) is 0.255. The van der Waals surface area contributed by atoms with Gasteiger partial charge in [-0.3, -0.25) is 4.79 Å². The zero-order valence-corrected chi connectivity index (χ0v) is 18.2. The fraction of sp³-hybridized carbons (Fsp3) is 0.370. The number of Topliss-reactive ketones (excluding diaryl/α,β-unsaturated/α-hetero) is 1. The number of ketones is 1. The molecule has 2 nitrogen and oxygen atoms in total. The molecule has 0 aliphatic carbocycles. The summed E-state index contributed by atoms with van der Waals surface area (Å²) in [4.78, 5) is 11.6. The lowest BCUT2D eigenvalue weighted by atomic mass is 10.0. The Balaban J connectivity index is 0.000000214. The van der Waals surface area contributed by atoms with Crippen molar-refractivity contribution >= 4 is 5.78 Å². The van der Waals surface area contributed by atoms with Crippen molar-refractivity contribution in [3.05, 3.63) is 95.2 Å². The normalized spacial score (nSPS) is 10.4. The predicted octanol–water partition coefficient (Wildman–Crippen LogP) is 7.61. The van der Waals surface area contributed by atoms with Crippen LogP contribution in [0.1, 0.15) is 73.2 Å². The van der Waals surface area contributed by atoms with Gasteiger partial charge >= 0.3 is 0 Å². The highest BCUT2D eigenvalue weighted by Crippen LogP contribution is 2.11. The van der Waals surface area contributed by atoms with Crippen molar-refractivity contribution in [2.24, 2.45) is 0 Å². The van der Waals surface area contributed by atoms with Crippen molar-refractivity contribution in [3.8, 4) is 0 Å². The van der Waals surface area contributed by atoms with Gasteiger partial charge in [0.1, 0.15) is 5.82 Å². The van der Waals surface area contributed by atoms with Crippen LogP contribution in [-0.4, -0.2) is 5.78 Å². The molecular weight excluding hydrogens is 375 g/mol. The lowest BCUT2D eigenvalue weighted by Gasteiger charge is -2.02. The van der Waals surface area contributed by atoms with Gasteiger partial charge in [-0.1, -0.05) is 75.9 Å². The molecule has 3 heteroatoms. The molecule has 2 aromatic carbocycles. The van der Waals surface area contributed by atoms with E-state index in [2.05, 4.69) is 38.1 Å². The first-order valence-corrected chi connectivity index (χ1v) is 11.0. The highest BCUT2D eigenvalue weighted by Gasteiger charge is 2.09. The van der Waals surface area contributed by atoms with Gasteiger partial charge in [-0.15, -0.1) is 0 Å². The highest BCUT2D eigenvalue weighted by molar-refractivity contribution is 5.94. The summed E-state index contributed by atoms with van der Waals surface area (Å²) in [6.45, 7) is 4.48. The van der Waals surface area contributed by atoms with Crippen molar-refractivity contribution in [1.29, 1.82) is 0 Å². The van der Waals surface area contributed by atoms with E-state index in [1.165, 1.54) is 68.0 Å². The second kappa shape index (κ2) is 13.5. The number of unbranched alkanes of at least 4 members (excludes halogenated alkanes) is 4. The van der Waals surface area contributed by atoms with Crippen LogP contribution in [-0.2, 0) is 19.3 Å². The summed E-state index contributed by atoms with van der Waals surface area (Å²) in [5.41, 5.74) is 3.73. The molecule has 0 atom stereocenters. The Bertz CT molecular complexity index is 834. The van der Waals surface area contributed by atoms with Gasteiger partial charge in [0.25, 0.3) is 0 Å². The summed E-state index contributed by atoms with van der Waals surface area (Å²) in [5, 5.41) is 0. The number of hydrogen-bond donors (Lipinski definition) is 0. The van der Waals surface area contributed by atoms with E-state index in [1.54, 1.807) is 24.3 Å². The van der Waals surface area contributed by atoms with Crippen molar-refractivity contribution in [2.45, 2.75) is 65.2 Å². The summed E-state index contributed by atoms with van der Waals surface area (Å²) >= 11 is 0. The van der Waals surface area contributed by atoms with E-state index < -0.39 is 0 Å². The van der Waals surface area contributed by atoms with Crippen LogP contribution >= 0.6 is 0 Å². The number of furan rings is 1. The zero-order chi connectivity index (χ0) is 21.6. The second-order valence-electron chi connectivity index (χ2n) is 7.54. The van der Waals surface area contributed by atoms with Crippen molar-refractivity contribution in [2.75, 3.05) is 0 Å². The number of halogens is 1. The Labute approximate surface area is 180 Å². The smallest absolute Gasteiger partial charge is 0.202 e. The monoisotopic (exact) mass is 408 g/mol. The van der Waals surface area contributed by atoms with E-state index in [4.69, 9.17) is 4.42 Å². The van der Waals surface area contributed by atoms with Crippen LogP contribution in [0.25, 0.3) is 0 Å². The topological polar surface area (TPSA) is 30.2 Å². The van der Waals surface area contributed by atoms with Crippen molar-refractivity contribution in [1.82, 2.24) is 0 Å². The lowest BCUT2D eigenvalue weighted by molar-refractivity contribution is 0.0966. The number of carbonyl (C=O) groups excluding carboxylic acids is 1. The van der Waals surface area contributed by atoms with Gasteiger partial charge in [0.15, 0.2) is 5.76 Å². The molecular formula is C27H33FO2. The Morgan fingerprint density at radius 1 is 0.800 bits per heavy atom. The average Bonchev–Trinajstić information content (AvgIpc) is 3.31. The fourth-order valence-corrected chi connectivity index (χ4v) is 3.19. The lowest BCUT2D eigenvalue weighted by Crippen LogP contribution is -2.01. The molecule has 0 radical (unpaired) electrons. The average molecular weight is 409 g/mol. The Morgan fingerprint density at radius 2 is 1.43 bits per heavy atom. The van der Waals surface area contributed by atoms with E-state index in [0.717, 1.165) is 12.0 Å². The molecule has 3 rings (SSSR count). The molecule has 0 bridgehead atoms. The van der Waals surface area contributed by atoms with Crippen LogP contribution in [0.4, 0.5) is 4.39 Å². The molecule has 0 N–H and O–H groups in total. The van der Waals surface area contributed by atoms with Crippen LogP contribution in [0.15, 0.2) is 71.3 Å². The summed E-state index contributed by atoms with van der Waals surface area (Å²) in [7, 11) is 0. The maximum atomic E-state index is 12.6. The molecule has 0 fully saturated rings. The minimum Gasteiger partial charge on any atom is -0.461 e. The van der Waals surface area contributed by atoms with E-state index in [0.29, 0.717) is 5.76 Å². The zero-order valence-electron chi connectivity index (χ0n) is 18.2. The minimum absolute atomic E-state index is 0.105. The maximum Gasteiger partial charge on any atom is 0.202 e. The number of benzene rings is 2. The van der Waals surface area contributed by atoms with Crippen LogP contribution in [0.2, 0.25) is 0 Å². The summed E-state index contributed by atoms with van der Waals surface area (Å²) in [5.74, 6) is -0.0740. The van der Waals surface area contributed by atoms with Crippen LogP contribution < -0.4 is 0 Å². The second-order valence-corrected chi connectivity index (χ2v) is 7.54. The van der Waals surface area contributed by atoms with E-state index in [1.807, 2.05) is 0 Å². The largest absolute Gasteiger partial charge is 0.461 e. The first kappa shape index (κ1) is 23.6. The van der Waals surface area contributed by atoms with Gasteiger partial charge in [-0.05, 0) is 60.2 Å². The van der Waals surface area contributed by atoms with Gasteiger partial charge in [0, 0.05) is 6.42 Å². The molecule has 3 aromatic rings. The molecule has 160 valence electrons. The first-order chi connectivity index (χ1) is 14.6. The third-order valence-electron chi connectivity index (χ3n) is 5.07. The van der Waals surface area contributed by atoms with Crippen molar-refractivity contribution < 1.29 is 13.6 Å². The molecule has 0 spiro atoms. The highest BCUT2D eigenvalue weighted by atomic mass is 19.1. The number of hydrogen-bond acceptors (Lipinski definition) is 2. The van der Waals surface area contributed by atoms with Crippen LogP contribution in [0.5, 0.6) is 0 Å². The number of carbonyl (C=O) groups is 1. The molecule has 1 heterocycles. The van der Waals surface area contributed by atoms with Gasteiger partial charge in [-0.2, -0.15) is 0 Å². The Hall–Kier alpha value is -2.68. The summed E-state index contributed by atoms with van der Waals surface area (Å²) in [6.07, 6.45) is 11.0. The molecule has 0 amide bonds. The van der Waals surface area contributed by atoms with E-state index in [-0.39, 0.29) is 18.0 Å². The van der Waals surface area contributed by atoms with Crippen LogP contribution in [0, 0.1) is 5.82 Å². The van der Waals surface area contributed by atoms with Crippen LogP contribution in [0.3, 0.4) is 0 Å². The molecule has 0 aliphatic rings. The van der Waals surface area contributed by atoms with Crippen molar-refractivity contribution in [3.63, 3.8) is 0 Å². The predicted molar refractivity (Wildman–Crippen MR) is 121 cm³/mol. The third-order valence-corrected chi connectivity index (χ3v) is 5.07. The van der Waals surface area contributed by atoms with Gasteiger partial charge in [0.05, 0.1) is 6.26 Å². The number of aryl methyl sites for hydroxylation is 2. The first-order valence-electron chi connectivity index (χ1n) is 11.0. The molecule has 1 aromatic heterocycles. The maximum absolute atomic E-state index is 12.6. The Kier molecular flexibility index (Phi) is 10.6. The van der Waals surface area contributed by atoms with E-state index >= 15 is 0 Å². The van der Waals surface area contributed by atoms with Gasteiger partial charge in [0.2, 0.25) is 5.78 Å². The molecule has 30 heavy (non-hydrogen) atoms. The summed E-state index contributed by atoms with van der Waals surface area (Å²) < 4.78 is 17.6. The third kappa shape index (κ3) is 8.77.